The summed E-state index contributed by atoms with van der Waals surface area (Å²) in [5.41, 5.74) is 1.03. The number of hydrogen-bond acceptors (Lipinski definition) is 4. The molecule has 1 aliphatic heterocycles. The van der Waals surface area contributed by atoms with Crippen molar-refractivity contribution in [2.45, 2.75) is 26.2 Å². The third-order valence-corrected chi connectivity index (χ3v) is 5.14. The molecule has 112 valence electrons. The van der Waals surface area contributed by atoms with Crippen LogP contribution in [0, 0.1) is 5.41 Å². The second kappa shape index (κ2) is 6.65. The minimum absolute atomic E-state index is 0.0297. The fourth-order valence-electron chi connectivity index (χ4n) is 2.43. The van der Waals surface area contributed by atoms with Crippen molar-refractivity contribution in [3.63, 3.8) is 0 Å². The number of aromatic nitrogens is 1. The van der Waals surface area contributed by atoms with Gasteiger partial charge in [0.15, 0.2) is 0 Å². The topological polar surface area (TPSA) is 71.1 Å². The second-order valence-electron chi connectivity index (χ2n) is 5.84. The van der Waals surface area contributed by atoms with Gasteiger partial charge in [-0.25, -0.2) is 13.1 Å². The minimum Gasteiger partial charge on any atom is -0.316 e. The lowest BCUT2D eigenvalue weighted by Crippen LogP contribution is -2.46. The Morgan fingerprint density at radius 3 is 2.80 bits per heavy atom. The first-order chi connectivity index (χ1) is 9.49. The van der Waals surface area contributed by atoms with Crippen molar-refractivity contribution in [1.29, 1.82) is 0 Å². The maximum Gasteiger partial charge on any atom is 0.211 e. The van der Waals surface area contributed by atoms with Gasteiger partial charge < -0.3 is 5.32 Å². The minimum atomic E-state index is -3.22. The molecule has 1 aliphatic rings. The van der Waals surface area contributed by atoms with Crippen molar-refractivity contribution >= 4 is 10.0 Å². The van der Waals surface area contributed by atoms with Crippen LogP contribution in [0.25, 0.3) is 0 Å². The molecule has 0 aromatic carbocycles. The molecule has 1 fully saturated rings. The van der Waals surface area contributed by atoms with E-state index in [-0.39, 0.29) is 11.2 Å². The lowest BCUT2D eigenvalue weighted by Gasteiger charge is -2.34. The SMILES string of the molecule is CC1(CNS(=O)(=O)CCc2ccncc2)CCCNC1. The van der Waals surface area contributed by atoms with E-state index < -0.39 is 10.0 Å². The normalized spacial score (nSPS) is 23.6. The Labute approximate surface area is 121 Å². The van der Waals surface area contributed by atoms with Gasteiger partial charge in [-0.2, -0.15) is 0 Å². The van der Waals surface area contributed by atoms with Crippen molar-refractivity contribution in [1.82, 2.24) is 15.0 Å². The van der Waals surface area contributed by atoms with E-state index in [1.54, 1.807) is 12.4 Å². The van der Waals surface area contributed by atoms with Crippen LogP contribution in [0.15, 0.2) is 24.5 Å². The van der Waals surface area contributed by atoms with Gasteiger partial charge in [-0.3, -0.25) is 4.98 Å². The molecule has 0 radical (unpaired) electrons. The summed E-state index contributed by atoms with van der Waals surface area (Å²) in [6.45, 7) is 4.55. The fourth-order valence-corrected chi connectivity index (χ4v) is 3.64. The van der Waals surface area contributed by atoms with Gasteiger partial charge in [-0.1, -0.05) is 6.92 Å². The van der Waals surface area contributed by atoms with Gasteiger partial charge in [0.05, 0.1) is 5.75 Å². The number of rotatable bonds is 6. The van der Waals surface area contributed by atoms with Crippen molar-refractivity contribution in [2.24, 2.45) is 5.41 Å². The molecule has 1 unspecified atom stereocenters. The molecular weight excluding hydrogens is 274 g/mol. The number of hydrogen-bond donors (Lipinski definition) is 2. The zero-order valence-corrected chi connectivity index (χ0v) is 12.7. The first-order valence-electron chi connectivity index (χ1n) is 7.06. The highest BCUT2D eigenvalue weighted by Gasteiger charge is 2.28. The second-order valence-corrected chi connectivity index (χ2v) is 7.76. The van der Waals surface area contributed by atoms with E-state index in [1.807, 2.05) is 12.1 Å². The standard InChI is InChI=1S/C14H23N3O2S/c1-14(6-2-7-16-11-14)12-17-20(18,19)10-5-13-3-8-15-9-4-13/h3-4,8-9,16-17H,2,5-7,10-12H2,1H3. The van der Waals surface area contributed by atoms with Crippen molar-refractivity contribution in [3.05, 3.63) is 30.1 Å². The zero-order chi connectivity index (χ0) is 14.5. The largest absolute Gasteiger partial charge is 0.316 e. The molecular formula is C14H23N3O2S. The molecule has 1 atom stereocenters. The third-order valence-electron chi connectivity index (χ3n) is 3.81. The van der Waals surface area contributed by atoms with Crippen molar-refractivity contribution < 1.29 is 8.42 Å². The van der Waals surface area contributed by atoms with Crippen LogP contribution in [0.5, 0.6) is 0 Å². The highest BCUT2D eigenvalue weighted by Crippen LogP contribution is 2.24. The number of nitrogens with zero attached hydrogens (tertiary/aromatic N) is 1. The number of sulfonamides is 1. The Balaban J connectivity index is 1.82. The molecule has 1 aromatic heterocycles. The Morgan fingerprint density at radius 2 is 2.15 bits per heavy atom. The summed E-state index contributed by atoms with van der Waals surface area (Å²) in [6, 6.07) is 3.70. The van der Waals surface area contributed by atoms with Gasteiger partial charge in [-0.05, 0) is 48.9 Å². The van der Waals surface area contributed by atoms with Gasteiger partial charge in [0.2, 0.25) is 10.0 Å². The van der Waals surface area contributed by atoms with E-state index in [4.69, 9.17) is 0 Å². The number of piperidine rings is 1. The third kappa shape index (κ3) is 4.85. The molecule has 2 rings (SSSR count). The lowest BCUT2D eigenvalue weighted by atomic mass is 9.83. The van der Waals surface area contributed by atoms with E-state index >= 15 is 0 Å². The summed E-state index contributed by atoms with van der Waals surface area (Å²) in [7, 11) is -3.22. The predicted molar refractivity (Wildman–Crippen MR) is 79.9 cm³/mol. The maximum atomic E-state index is 12.0. The Bertz CT molecular complexity index is 510. The number of nitrogens with one attached hydrogen (secondary N) is 2. The average Bonchev–Trinajstić information content (AvgIpc) is 2.46. The van der Waals surface area contributed by atoms with E-state index in [1.165, 1.54) is 0 Å². The highest BCUT2D eigenvalue weighted by molar-refractivity contribution is 7.89. The average molecular weight is 297 g/mol. The maximum absolute atomic E-state index is 12.0. The van der Waals surface area contributed by atoms with Crippen molar-refractivity contribution in [2.75, 3.05) is 25.4 Å². The van der Waals surface area contributed by atoms with Gasteiger partial charge in [0, 0.05) is 25.5 Å². The van der Waals surface area contributed by atoms with Crippen LogP contribution in [0.4, 0.5) is 0 Å². The summed E-state index contributed by atoms with van der Waals surface area (Å²) in [6.07, 6.45) is 6.06. The Hall–Kier alpha value is -0.980. The summed E-state index contributed by atoms with van der Waals surface area (Å²) in [4.78, 5) is 3.92. The van der Waals surface area contributed by atoms with Gasteiger partial charge in [0.1, 0.15) is 0 Å². The molecule has 0 amide bonds. The molecule has 2 N–H and O–H groups in total. The van der Waals surface area contributed by atoms with E-state index in [0.717, 1.165) is 31.5 Å². The first-order valence-corrected chi connectivity index (χ1v) is 8.71. The van der Waals surface area contributed by atoms with E-state index in [9.17, 15) is 8.42 Å². The molecule has 0 bridgehead atoms. The predicted octanol–water partition coefficient (Wildman–Crippen LogP) is 0.933. The monoisotopic (exact) mass is 297 g/mol. The smallest absolute Gasteiger partial charge is 0.211 e. The molecule has 0 spiro atoms. The van der Waals surface area contributed by atoms with Crippen LogP contribution in [0.3, 0.4) is 0 Å². The number of pyridine rings is 1. The molecule has 20 heavy (non-hydrogen) atoms. The molecule has 1 saturated heterocycles. The molecule has 0 saturated carbocycles. The summed E-state index contributed by atoms with van der Waals surface area (Å²) in [5.74, 6) is 0.126. The van der Waals surface area contributed by atoms with Crippen LogP contribution in [-0.2, 0) is 16.4 Å². The number of aryl methyl sites for hydroxylation is 1. The zero-order valence-electron chi connectivity index (χ0n) is 11.9. The van der Waals surface area contributed by atoms with Gasteiger partial charge >= 0.3 is 0 Å². The highest BCUT2D eigenvalue weighted by atomic mass is 32.2. The molecule has 1 aromatic rings. The molecule has 6 heteroatoms. The lowest BCUT2D eigenvalue weighted by molar-refractivity contribution is 0.238. The first kappa shape index (κ1) is 15.4. The fraction of sp³-hybridized carbons (Fsp3) is 0.643. The van der Waals surface area contributed by atoms with Crippen LogP contribution in [0.2, 0.25) is 0 Å². The van der Waals surface area contributed by atoms with E-state index in [2.05, 4.69) is 21.9 Å². The Kier molecular flexibility index (Phi) is 5.12. The molecule has 2 heterocycles. The van der Waals surface area contributed by atoms with Crippen LogP contribution in [-0.4, -0.2) is 38.8 Å². The summed E-state index contributed by atoms with van der Waals surface area (Å²) < 4.78 is 26.8. The molecule has 5 nitrogen and oxygen atoms in total. The van der Waals surface area contributed by atoms with Crippen LogP contribution in [0.1, 0.15) is 25.3 Å². The molecule has 0 aliphatic carbocycles. The quantitative estimate of drug-likeness (QED) is 0.819. The van der Waals surface area contributed by atoms with Crippen LogP contribution < -0.4 is 10.0 Å². The Morgan fingerprint density at radius 1 is 1.40 bits per heavy atom. The van der Waals surface area contributed by atoms with E-state index in [0.29, 0.717) is 13.0 Å². The van der Waals surface area contributed by atoms with Crippen LogP contribution >= 0.6 is 0 Å². The van der Waals surface area contributed by atoms with Gasteiger partial charge in [0.25, 0.3) is 0 Å². The summed E-state index contributed by atoms with van der Waals surface area (Å²) in [5, 5.41) is 3.33. The summed E-state index contributed by atoms with van der Waals surface area (Å²) >= 11 is 0. The van der Waals surface area contributed by atoms with Gasteiger partial charge in [-0.15, -0.1) is 0 Å². The van der Waals surface area contributed by atoms with Crippen molar-refractivity contribution in [3.8, 4) is 0 Å².